The summed E-state index contributed by atoms with van der Waals surface area (Å²) in [5, 5.41) is 1.24. The van der Waals surface area contributed by atoms with E-state index in [-0.39, 0.29) is 5.15 Å². The summed E-state index contributed by atoms with van der Waals surface area (Å²) in [7, 11) is 1.34. The fourth-order valence-corrected chi connectivity index (χ4v) is 2.42. The van der Waals surface area contributed by atoms with Crippen LogP contribution in [0.15, 0.2) is 0 Å². The number of halogens is 1. The van der Waals surface area contributed by atoms with Crippen LogP contribution in [-0.2, 0) is 4.74 Å². The number of esters is 1. The van der Waals surface area contributed by atoms with Crippen LogP contribution >= 0.6 is 22.9 Å². The second kappa shape index (κ2) is 3.27. The van der Waals surface area contributed by atoms with E-state index >= 15 is 0 Å². The number of ether oxygens (including phenoxy) is 1. The molecule has 0 spiro atoms. The van der Waals surface area contributed by atoms with Crippen molar-refractivity contribution in [3.63, 3.8) is 0 Å². The van der Waals surface area contributed by atoms with Crippen LogP contribution in [0.5, 0.6) is 0 Å². The summed E-state index contributed by atoms with van der Waals surface area (Å²) < 4.78 is 4.58. The standard InChI is InChI=1S/C8H8ClNO2S/c1-12-8(11)5-6(9)10-7(13-5)4-2-3-4/h4H,2-3H2,1H3. The van der Waals surface area contributed by atoms with Crippen LogP contribution in [0.25, 0.3) is 0 Å². The highest BCUT2D eigenvalue weighted by atomic mass is 35.5. The highest BCUT2D eigenvalue weighted by molar-refractivity contribution is 7.14. The Hall–Kier alpha value is -0.610. The Balaban J connectivity index is 2.29. The molecule has 0 unspecified atom stereocenters. The molecule has 0 aliphatic heterocycles. The largest absolute Gasteiger partial charge is 0.465 e. The molecule has 0 saturated heterocycles. The Morgan fingerprint density at radius 2 is 2.38 bits per heavy atom. The van der Waals surface area contributed by atoms with Crippen molar-refractivity contribution in [3.05, 3.63) is 15.0 Å². The van der Waals surface area contributed by atoms with Crippen LogP contribution in [0.1, 0.15) is 33.4 Å². The van der Waals surface area contributed by atoms with Gasteiger partial charge in [0.1, 0.15) is 0 Å². The monoisotopic (exact) mass is 217 g/mol. The van der Waals surface area contributed by atoms with Gasteiger partial charge in [-0.1, -0.05) is 11.6 Å². The molecule has 3 nitrogen and oxygen atoms in total. The average Bonchev–Trinajstić information content (AvgIpc) is 2.89. The first-order chi connectivity index (χ1) is 6.22. The normalized spacial score (nSPS) is 15.8. The van der Waals surface area contributed by atoms with E-state index in [0.717, 1.165) is 17.8 Å². The van der Waals surface area contributed by atoms with E-state index in [1.165, 1.54) is 18.4 Å². The number of carbonyl (C=O) groups excluding carboxylic acids is 1. The zero-order valence-corrected chi connectivity index (χ0v) is 8.61. The molecular weight excluding hydrogens is 210 g/mol. The Bertz CT molecular complexity index is 346. The molecule has 1 saturated carbocycles. The molecule has 1 aromatic heterocycles. The highest BCUT2D eigenvalue weighted by Gasteiger charge is 2.29. The van der Waals surface area contributed by atoms with E-state index in [1.54, 1.807) is 0 Å². The van der Waals surface area contributed by atoms with Gasteiger partial charge in [-0.05, 0) is 12.8 Å². The summed E-state index contributed by atoms with van der Waals surface area (Å²) in [5.41, 5.74) is 0. The molecule has 1 fully saturated rings. The summed E-state index contributed by atoms with van der Waals surface area (Å²) in [6, 6.07) is 0. The predicted octanol–water partition coefficient (Wildman–Crippen LogP) is 2.46. The number of thiazole rings is 1. The van der Waals surface area contributed by atoms with Gasteiger partial charge in [-0.3, -0.25) is 0 Å². The Morgan fingerprint density at radius 1 is 1.69 bits per heavy atom. The third-order valence-corrected chi connectivity index (χ3v) is 3.48. The minimum absolute atomic E-state index is 0.277. The Kier molecular flexibility index (Phi) is 2.26. The first-order valence-electron chi connectivity index (χ1n) is 3.97. The molecule has 0 amide bonds. The Morgan fingerprint density at radius 3 is 2.92 bits per heavy atom. The van der Waals surface area contributed by atoms with E-state index in [0.29, 0.717) is 10.8 Å². The third-order valence-electron chi connectivity index (χ3n) is 1.90. The van der Waals surface area contributed by atoms with Gasteiger partial charge in [-0.15, -0.1) is 11.3 Å². The lowest BCUT2D eigenvalue weighted by Gasteiger charge is -1.92. The Labute approximate surface area is 84.7 Å². The minimum atomic E-state index is -0.394. The summed E-state index contributed by atoms with van der Waals surface area (Å²) >= 11 is 7.13. The zero-order chi connectivity index (χ0) is 9.42. The van der Waals surface area contributed by atoms with Gasteiger partial charge in [0.25, 0.3) is 0 Å². The molecule has 70 valence electrons. The van der Waals surface area contributed by atoms with Crippen LogP contribution in [0.2, 0.25) is 5.15 Å². The fraction of sp³-hybridized carbons (Fsp3) is 0.500. The molecule has 2 rings (SSSR count). The predicted molar refractivity (Wildman–Crippen MR) is 50.4 cm³/mol. The summed E-state index contributed by atoms with van der Waals surface area (Å²) in [6.45, 7) is 0. The number of hydrogen-bond acceptors (Lipinski definition) is 4. The highest BCUT2D eigenvalue weighted by Crippen LogP contribution is 2.43. The van der Waals surface area contributed by atoms with E-state index in [4.69, 9.17) is 11.6 Å². The molecular formula is C8H8ClNO2S. The molecule has 0 N–H and O–H groups in total. The molecule has 0 radical (unpaired) electrons. The lowest BCUT2D eigenvalue weighted by molar-refractivity contribution is 0.0606. The van der Waals surface area contributed by atoms with Gasteiger partial charge >= 0.3 is 5.97 Å². The van der Waals surface area contributed by atoms with Crippen molar-refractivity contribution >= 4 is 28.9 Å². The number of aromatic nitrogens is 1. The van der Waals surface area contributed by atoms with Gasteiger partial charge in [-0.25, -0.2) is 9.78 Å². The van der Waals surface area contributed by atoms with Gasteiger partial charge in [0.15, 0.2) is 10.0 Å². The molecule has 1 heterocycles. The van der Waals surface area contributed by atoms with Gasteiger partial charge in [0, 0.05) is 5.92 Å². The van der Waals surface area contributed by atoms with Crippen molar-refractivity contribution in [3.8, 4) is 0 Å². The third kappa shape index (κ3) is 1.69. The average molecular weight is 218 g/mol. The molecule has 0 atom stereocenters. The van der Waals surface area contributed by atoms with Crippen LogP contribution in [0.3, 0.4) is 0 Å². The van der Waals surface area contributed by atoms with E-state index in [1.807, 2.05) is 0 Å². The second-order valence-corrected chi connectivity index (χ2v) is 4.33. The van der Waals surface area contributed by atoms with Crippen molar-refractivity contribution in [2.24, 2.45) is 0 Å². The van der Waals surface area contributed by atoms with Crippen LogP contribution in [0.4, 0.5) is 0 Å². The van der Waals surface area contributed by atoms with Crippen LogP contribution < -0.4 is 0 Å². The van der Waals surface area contributed by atoms with Crippen molar-refractivity contribution in [2.45, 2.75) is 18.8 Å². The topological polar surface area (TPSA) is 39.2 Å². The van der Waals surface area contributed by atoms with E-state index in [9.17, 15) is 4.79 Å². The summed E-state index contributed by atoms with van der Waals surface area (Å²) in [6.07, 6.45) is 2.31. The van der Waals surface area contributed by atoms with Gasteiger partial charge in [-0.2, -0.15) is 0 Å². The minimum Gasteiger partial charge on any atom is -0.465 e. The van der Waals surface area contributed by atoms with Gasteiger partial charge in [0.05, 0.1) is 12.1 Å². The lowest BCUT2D eigenvalue weighted by atomic mass is 10.5. The maximum atomic E-state index is 11.2. The first kappa shape index (κ1) is 8.97. The van der Waals surface area contributed by atoms with E-state index in [2.05, 4.69) is 9.72 Å². The summed E-state index contributed by atoms with van der Waals surface area (Å²) in [4.78, 5) is 15.7. The van der Waals surface area contributed by atoms with Crippen LogP contribution in [-0.4, -0.2) is 18.1 Å². The SMILES string of the molecule is COC(=O)c1sc(C2CC2)nc1Cl. The van der Waals surface area contributed by atoms with Crippen molar-refractivity contribution in [1.29, 1.82) is 0 Å². The smallest absolute Gasteiger partial charge is 0.351 e. The first-order valence-corrected chi connectivity index (χ1v) is 5.16. The number of hydrogen-bond donors (Lipinski definition) is 0. The van der Waals surface area contributed by atoms with Crippen molar-refractivity contribution in [1.82, 2.24) is 4.98 Å². The van der Waals surface area contributed by atoms with Crippen molar-refractivity contribution in [2.75, 3.05) is 7.11 Å². The number of carbonyl (C=O) groups is 1. The number of methoxy groups -OCH3 is 1. The molecule has 13 heavy (non-hydrogen) atoms. The molecule has 0 bridgehead atoms. The maximum Gasteiger partial charge on any atom is 0.351 e. The van der Waals surface area contributed by atoms with Gasteiger partial charge in [0.2, 0.25) is 0 Å². The van der Waals surface area contributed by atoms with E-state index < -0.39 is 5.97 Å². The molecule has 1 aliphatic rings. The number of rotatable bonds is 2. The fourth-order valence-electron chi connectivity index (χ4n) is 1.04. The van der Waals surface area contributed by atoms with Crippen LogP contribution in [0, 0.1) is 0 Å². The molecule has 5 heteroatoms. The maximum absolute atomic E-state index is 11.2. The molecule has 1 aromatic rings. The lowest BCUT2D eigenvalue weighted by Crippen LogP contribution is -1.98. The quantitative estimate of drug-likeness (QED) is 0.715. The molecule has 1 aliphatic carbocycles. The second-order valence-electron chi connectivity index (χ2n) is 2.94. The summed E-state index contributed by atoms with van der Waals surface area (Å²) in [5.74, 6) is 0.135. The zero-order valence-electron chi connectivity index (χ0n) is 7.04. The van der Waals surface area contributed by atoms with Crippen molar-refractivity contribution < 1.29 is 9.53 Å². The van der Waals surface area contributed by atoms with Gasteiger partial charge < -0.3 is 4.74 Å². The molecule has 0 aromatic carbocycles. The number of nitrogens with zero attached hydrogens (tertiary/aromatic N) is 1.